The van der Waals surface area contributed by atoms with Gasteiger partial charge in [0.05, 0.1) is 6.10 Å². The minimum absolute atomic E-state index is 0.325. The molecule has 19 heavy (non-hydrogen) atoms. The molecule has 3 heteroatoms. The number of rotatable bonds is 7. The van der Waals surface area contributed by atoms with E-state index in [1.165, 1.54) is 16.3 Å². The predicted molar refractivity (Wildman–Crippen MR) is 79.2 cm³/mol. The number of nitrogens with one attached hydrogen (secondary N) is 1. The summed E-state index contributed by atoms with van der Waals surface area (Å²) in [5, 5.41) is 5.95. The number of hydrogen-bond donors (Lipinski definition) is 1. The van der Waals surface area contributed by atoms with Crippen molar-refractivity contribution >= 4 is 10.8 Å². The fourth-order valence-corrected chi connectivity index (χ4v) is 2.08. The van der Waals surface area contributed by atoms with Gasteiger partial charge < -0.3 is 10.1 Å². The Bertz CT molecular complexity index is 506. The van der Waals surface area contributed by atoms with Crippen LogP contribution in [0.5, 0.6) is 0 Å². The molecule has 2 aromatic rings. The second kappa shape index (κ2) is 7.22. The summed E-state index contributed by atoms with van der Waals surface area (Å²) >= 11 is 0. The summed E-state index contributed by atoms with van der Waals surface area (Å²) in [6, 6.07) is 8.43. The van der Waals surface area contributed by atoms with Crippen LogP contribution in [0, 0.1) is 0 Å². The molecule has 0 aliphatic rings. The van der Waals surface area contributed by atoms with Gasteiger partial charge in [-0.2, -0.15) is 0 Å². The van der Waals surface area contributed by atoms with E-state index in [0.29, 0.717) is 6.10 Å². The van der Waals surface area contributed by atoms with Gasteiger partial charge in [0.15, 0.2) is 0 Å². The van der Waals surface area contributed by atoms with Crippen molar-refractivity contribution in [1.82, 2.24) is 10.3 Å². The molecule has 0 amide bonds. The normalized spacial score (nSPS) is 11.3. The van der Waals surface area contributed by atoms with E-state index in [1.54, 1.807) is 0 Å². The summed E-state index contributed by atoms with van der Waals surface area (Å²) in [7, 11) is 0. The first-order valence-electron chi connectivity index (χ1n) is 6.91. The number of fused-ring (bicyclic) bond motifs is 1. The van der Waals surface area contributed by atoms with E-state index in [4.69, 9.17) is 4.74 Å². The molecule has 0 saturated heterocycles. The number of aromatic nitrogens is 1. The quantitative estimate of drug-likeness (QED) is 0.775. The summed E-state index contributed by atoms with van der Waals surface area (Å²) < 4.78 is 5.52. The van der Waals surface area contributed by atoms with Crippen LogP contribution >= 0.6 is 0 Å². The van der Waals surface area contributed by atoms with E-state index < -0.39 is 0 Å². The van der Waals surface area contributed by atoms with Crippen LogP contribution in [0.25, 0.3) is 10.8 Å². The Morgan fingerprint density at radius 1 is 1.26 bits per heavy atom. The fraction of sp³-hybridized carbons (Fsp3) is 0.438. The molecule has 1 aromatic heterocycles. The zero-order chi connectivity index (χ0) is 13.5. The lowest BCUT2D eigenvalue weighted by atomic mass is 10.1. The highest BCUT2D eigenvalue weighted by Crippen LogP contribution is 2.16. The Labute approximate surface area is 115 Å². The number of ether oxygens (including phenoxy) is 1. The Kier molecular flexibility index (Phi) is 5.31. The smallest absolute Gasteiger partial charge is 0.0518 e. The maximum absolute atomic E-state index is 5.52. The Morgan fingerprint density at radius 2 is 2.16 bits per heavy atom. The van der Waals surface area contributed by atoms with Crippen molar-refractivity contribution in [2.75, 3.05) is 13.2 Å². The first-order valence-corrected chi connectivity index (χ1v) is 6.91. The third-order valence-corrected chi connectivity index (χ3v) is 3.04. The molecule has 2 rings (SSSR count). The van der Waals surface area contributed by atoms with Gasteiger partial charge >= 0.3 is 0 Å². The van der Waals surface area contributed by atoms with Crippen molar-refractivity contribution in [2.45, 2.75) is 32.9 Å². The fourth-order valence-electron chi connectivity index (χ4n) is 2.08. The first-order chi connectivity index (χ1) is 9.27. The summed E-state index contributed by atoms with van der Waals surface area (Å²) in [6.45, 7) is 6.83. The second-order valence-electron chi connectivity index (χ2n) is 4.96. The van der Waals surface area contributed by atoms with Crippen LogP contribution in [0.15, 0.2) is 36.7 Å². The number of pyridine rings is 1. The molecule has 1 aromatic carbocycles. The highest BCUT2D eigenvalue weighted by atomic mass is 16.5. The molecule has 0 spiro atoms. The zero-order valence-corrected chi connectivity index (χ0v) is 11.7. The van der Waals surface area contributed by atoms with Crippen LogP contribution in [-0.2, 0) is 11.3 Å². The highest BCUT2D eigenvalue weighted by Gasteiger charge is 2.00. The Morgan fingerprint density at radius 3 is 3.00 bits per heavy atom. The molecule has 0 aliphatic heterocycles. The maximum atomic E-state index is 5.52. The lowest BCUT2D eigenvalue weighted by Crippen LogP contribution is -2.17. The topological polar surface area (TPSA) is 34.1 Å². The predicted octanol–water partition coefficient (Wildman–Crippen LogP) is 3.14. The molecular weight excluding hydrogens is 236 g/mol. The highest BCUT2D eigenvalue weighted by molar-refractivity contribution is 5.84. The Balaban J connectivity index is 1.82. The van der Waals surface area contributed by atoms with Crippen LogP contribution < -0.4 is 5.32 Å². The lowest BCUT2D eigenvalue weighted by molar-refractivity contribution is 0.0770. The van der Waals surface area contributed by atoms with Gasteiger partial charge in [0.1, 0.15) is 0 Å². The van der Waals surface area contributed by atoms with E-state index in [9.17, 15) is 0 Å². The summed E-state index contributed by atoms with van der Waals surface area (Å²) in [5.41, 5.74) is 1.32. The van der Waals surface area contributed by atoms with Gasteiger partial charge in [-0.25, -0.2) is 0 Å². The van der Waals surface area contributed by atoms with E-state index in [0.717, 1.165) is 26.1 Å². The molecule has 102 valence electrons. The van der Waals surface area contributed by atoms with Crippen molar-refractivity contribution in [2.24, 2.45) is 0 Å². The van der Waals surface area contributed by atoms with Gasteiger partial charge in [-0.05, 0) is 43.8 Å². The van der Waals surface area contributed by atoms with Gasteiger partial charge in [0.2, 0.25) is 0 Å². The van der Waals surface area contributed by atoms with Gasteiger partial charge in [-0.3, -0.25) is 4.98 Å². The van der Waals surface area contributed by atoms with Crippen molar-refractivity contribution in [3.8, 4) is 0 Å². The van der Waals surface area contributed by atoms with Crippen LogP contribution in [-0.4, -0.2) is 24.2 Å². The van der Waals surface area contributed by atoms with Crippen molar-refractivity contribution < 1.29 is 4.74 Å². The molecule has 0 atom stereocenters. The van der Waals surface area contributed by atoms with Crippen molar-refractivity contribution in [1.29, 1.82) is 0 Å². The lowest BCUT2D eigenvalue weighted by Gasteiger charge is -2.09. The minimum Gasteiger partial charge on any atom is -0.379 e. The molecule has 0 fully saturated rings. The molecule has 0 unspecified atom stereocenters. The third-order valence-electron chi connectivity index (χ3n) is 3.04. The third kappa shape index (κ3) is 4.30. The van der Waals surface area contributed by atoms with E-state index in [1.807, 2.05) is 12.4 Å². The number of benzene rings is 1. The average Bonchev–Trinajstić information content (AvgIpc) is 2.42. The molecule has 0 bridgehead atoms. The first kappa shape index (κ1) is 14.0. The summed E-state index contributed by atoms with van der Waals surface area (Å²) in [6.07, 6.45) is 5.13. The number of hydrogen-bond acceptors (Lipinski definition) is 3. The van der Waals surface area contributed by atoms with Crippen LogP contribution in [0.4, 0.5) is 0 Å². The molecule has 0 aliphatic carbocycles. The number of nitrogens with zero attached hydrogens (tertiary/aromatic N) is 1. The summed E-state index contributed by atoms with van der Waals surface area (Å²) in [4.78, 5) is 4.15. The molecule has 1 N–H and O–H groups in total. The molecular formula is C16H22N2O. The zero-order valence-electron chi connectivity index (χ0n) is 11.7. The average molecular weight is 258 g/mol. The van der Waals surface area contributed by atoms with Crippen LogP contribution in [0.2, 0.25) is 0 Å². The van der Waals surface area contributed by atoms with E-state index in [-0.39, 0.29) is 0 Å². The maximum Gasteiger partial charge on any atom is 0.0518 e. The molecule has 3 nitrogen and oxygen atoms in total. The second-order valence-corrected chi connectivity index (χ2v) is 4.96. The monoisotopic (exact) mass is 258 g/mol. The summed E-state index contributed by atoms with van der Waals surface area (Å²) in [5.74, 6) is 0. The molecule has 0 radical (unpaired) electrons. The molecule has 0 saturated carbocycles. The Hall–Kier alpha value is -1.45. The molecule has 1 heterocycles. The largest absolute Gasteiger partial charge is 0.379 e. The van der Waals surface area contributed by atoms with Gasteiger partial charge in [0, 0.05) is 30.9 Å². The van der Waals surface area contributed by atoms with Gasteiger partial charge in [-0.1, -0.05) is 18.2 Å². The van der Waals surface area contributed by atoms with Gasteiger partial charge in [-0.15, -0.1) is 0 Å². The standard InChI is InChI=1S/C16H22N2O/c1-13(2)19-10-4-8-17-11-14-5-3-6-15-12-18-9-7-16(14)15/h3,5-7,9,12-13,17H,4,8,10-11H2,1-2H3. The van der Waals surface area contributed by atoms with E-state index in [2.05, 4.69) is 48.4 Å². The minimum atomic E-state index is 0.325. The van der Waals surface area contributed by atoms with Crippen molar-refractivity contribution in [3.05, 3.63) is 42.2 Å². The van der Waals surface area contributed by atoms with Crippen LogP contribution in [0.1, 0.15) is 25.8 Å². The van der Waals surface area contributed by atoms with Crippen molar-refractivity contribution in [3.63, 3.8) is 0 Å². The van der Waals surface area contributed by atoms with E-state index >= 15 is 0 Å². The van der Waals surface area contributed by atoms with Gasteiger partial charge in [0.25, 0.3) is 0 Å². The van der Waals surface area contributed by atoms with Crippen LogP contribution in [0.3, 0.4) is 0 Å². The SMILES string of the molecule is CC(C)OCCCNCc1cccc2cnccc12.